The van der Waals surface area contributed by atoms with E-state index in [9.17, 15) is 19.2 Å². The number of carbonyl (C=O) groups is 4. The summed E-state index contributed by atoms with van der Waals surface area (Å²) in [5.41, 5.74) is 0.230. The van der Waals surface area contributed by atoms with Crippen molar-refractivity contribution in [2.24, 2.45) is 17.8 Å². The third-order valence-corrected chi connectivity index (χ3v) is 11.9. The summed E-state index contributed by atoms with van der Waals surface area (Å²) in [5, 5.41) is 11.9. The number of nitrogens with zero attached hydrogens (tertiary/aromatic N) is 3. The SMILES string of the molecule is CCC(C)C(C(CC(=O)N1CCCC1C(OC)C(C)C(=O)NC(Cc1ccccc1)c1nccs1)OC)N(C)C(=O)C(NC(=O)C(C)(C)NC)C(C)C. The van der Waals surface area contributed by atoms with Crippen molar-refractivity contribution in [3.05, 3.63) is 52.5 Å². The van der Waals surface area contributed by atoms with Crippen LogP contribution >= 0.6 is 11.3 Å². The maximum absolute atomic E-state index is 14.2. The smallest absolute Gasteiger partial charge is 0.245 e. The van der Waals surface area contributed by atoms with Gasteiger partial charge in [-0.25, -0.2) is 4.98 Å². The molecule has 1 aromatic heterocycles. The molecule has 1 aliphatic heterocycles. The Kier molecular flexibility index (Phi) is 16.9. The summed E-state index contributed by atoms with van der Waals surface area (Å²) in [4.78, 5) is 63.3. The molecule has 1 aliphatic rings. The van der Waals surface area contributed by atoms with E-state index in [1.165, 1.54) is 11.3 Å². The van der Waals surface area contributed by atoms with Crippen LogP contribution in [0.1, 0.15) is 90.8 Å². The first kappa shape index (κ1) is 44.0. The lowest BCUT2D eigenvalue weighted by Gasteiger charge is -2.41. The van der Waals surface area contributed by atoms with Crippen LogP contribution in [-0.2, 0) is 35.1 Å². The number of nitrogens with one attached hydrogen (secondary N) is 3. The van der Waals surface area contributed by atoms with Gasteiger partial charge in [-0.3, -0.25) is 19.2 Å². The van der Waals surface area contributed by atoms with E-state index in [1.807, 2.05) is 68.3 Å². The van der Waals surface area contributed by atoms with Crippen molar-refractivity contribution < 1.29 is 28.7 Å². The number of aromatic nitrogens is 1. The van der Waals surface area contributed by atoms with Gasteiger partial charge in [0.25, 0.3) is 0 Å². The minimum atomic E-state index is -0.862. The Morgan fingerprint density at radius 2 is 1.74 bits per heavy atom. The predicted molar refractivity (Wildman–Crippen MR) is 209 cm³/mol. The highest BCUT2D eigenvalue weighted by Crippen LogP contribution is 2.30. The quantitative estimate of drug-likeness (QED) is 0.178. The number of methoxy groups -OCH3 is 2. The van der Waals surface area contributed by atoms with E-state index in [0.29, 0.717) is 19.4 Å². The number of likely N-dealkylation sites (tertiary alicyclic amines) is 1. The maximum atomic E-state index is 14.2. The summed E-state index contributed by atoms with van der Waals surface area (Å²) in [5.74, 6) is -1.52. The Labute approximate surface area is 321 Å². The highest BCUT2D eigenvalue weighted by atomic mass is 32.1. The fourth-order valence-corrected chi connectivity index (χ4v) is 7.92. The summed E-state index contributed by atoms with van der Waals surface area (Å²) in [7, 11) is 6.61. The number of rotatable bonds is 20. The molecule has 2 heterocycles. The minimum absolute atomic E-state index is 0.00885. The molecule has 13 heteroatoms. The molecular formula is C40H64N6O6S. The molecule has 0 saturated carbocycles. The molecule has 53 heavy (non-hydrogen) atoms. The van der Waals surface area contributed by atoms with Gasteiger partial charge in [0.15, 0.2) is 0 Å². The number of carbonyl (C=O) groups excluding carboxylic acids is 4. The monoisotopic (exact) mass is 756 g/mol. The number of ether oxygens (including phenoxy) is 2. The average molecular weight is 757 g/mol. The van der Waals surface area contributed by atoms with Gasteiger partial charge in [-0.05, 0) is 57.6 Å². The van der Waals surface area contributed by atoms with Crippen molar-refractivity contribution in [1.29, 1.82) is 0 Å². The molecule has 8 atom stereocenters. The fraction of sp³-hybridized carbons (Fsp3) is 0.675. The van der Waals surface area contributed by atoms with Gasteiger partial charge >= 0.3 is 0 Å². The molecule has 0 aliphatic carbocycles. The molecule has 1 fully saturated rings. The first-order valence-corrected chi connectivity index (χ1v) is 19.8. The summed E-state index contributed by atoms with van der Waals surface area (Å²) in [6, 6.07) is 8.19. The van der Waals surface area contributed by atoms with Gasteiger partial charge in [0.1, 0.15) is 11.0 Å². The van der Waals surface area contributed by atoms with Crippen LogP contribution in [0.2, 0.25) is 0 Å². The van der Waals surface area contributed by atoms with E-state index in [0.717, 1.165) is 23.4 Å². The van der Waals surface area contributed by atoms with Crippen LogP contribution in [0.3, 0.4) is 0 Å². The van der Waals surface area contributed by atoms with Crippen LogP contribution in [0.4, 0.5) is 0 Å². The molecule has 4 amide bonds. The van der Waals surface area contributed by atoms with Crippen LogP contribution in [-0.4, -0.2) is 109 Å². The molecule has 3 rings (SSSR count). The molecule has 0 bridgehead atoms. The lowest BCUT2D eigenvalue weighted by Crippen LogP contribution is -2.61. The zero-order valence-electron chi connectivity index (χ0n) is 33.7. The zero-order chi connectivity index (χ0) is 39.5. The van der Waals surface area contributed by atoms with Gasteiger partial charge in [0.2, 0.25) is 23.6 Å². The third kappa shape index (κ3) is 11.3. The van der Waals surface area contributed by atoms with Gasteiger partial charge in [0.05, 0.1) is 48.2 Å². The first-order chi connectivity index (χ1) is 25.1. The lowest BCUT2D eigenvalue weighted by molar-refractivity contribution is -0.148. The summed E-state index contributed by atoms with van der Waals surface area (Å²) in [6.45, 7) is 13.8. The van der Waals surface area contributed by atoms with Crippen molar-refractivity contribution >= 4 is 35.0 Å². The highest BCUT2D eigenvalue weighted by molar-refractivity contribution is 7.09. The summed E-state index contributed by atoms with van der Waals surface area (Å²) in [6.07, 6.45) is 3.47. The topological polar surface area (TPSA) is 142 Å². The average Bonchev–Trinajstić information content (AvgIpc) is 3.87. The molecular weight excluding hydrogens is 693 g/mol. The number of hydrogen-bond acceptors (Lipinski definition) is 9. The Balaban J connectivity index is 1.78. The minimum Gasteiger partial charge on any atom is -0.379 e. The van der Waals surface area contributed by atoms with Crippen molar-refractivity contribution in [3.8, 4) is 0 Å². The second-order valence-electron chi connectivity index (χ2n) is 15.3. The van der Waals surface area contributed by atoms with Crippen molar-refractivity contribution in [2.75, 3.05) is 34.9 Å². The van der Waals surface area contributed by atoms with Crippen LogP contribution in [0.25, 0.3) is 0 Å². The molecule has 0 spiro atoms. The third-order valence-electron chi connectivity index (χ3n) is 11.0. The number of hydrogen-bond donors (Lipinski definition) is 3. The maximum Gasteiger partial charge on any atom is 0.245 e. The Morgan fingerprint density at radius 3 is 2.28 bits per heavy atom. The molecule has 296 valence electrons. The summed E-state index contributed by atoms with van der Waals surface area (Å²) >= 11 is 1.50. The second kappa shape index (κ2) is 20.3. The summed E-state index contributed by atoms with van der Waals surface area (Å²) < 4.78 is 12.0. The van der Waals surface area contributed by atoms with E-state index in [4.69, 9.17) is 9.47 Å². The number of benzene rings is 1. The lowest BCUT2D eigenvalue weighted by atomic mass is 9.89. The molecule has 0 radical (unpaired) electrons. The van der Waals surface area contributed by atoms with Crippen LogP contribution in [0, 0.1) is 17.8 Å². The Morgan fingerprint density at radius 1 is 1.06 bits per heavy atom. The molecule has 1 aromatic carbocycles. The van der Waals surface area contributed by atoms with Crippen molar-refractivity contribution in [3.63, 3.8) is 0 Å². The fourth-order valence-electron chi connectivity index (χ4n) is 7.23. The van der Waals surface area contributed by atoms with Gasteiger partial charge < -0.3 is 35.2 Å². The number of amides is 4. The molecule has 12 nitrogen and oxygen atoms in total. The molecule has 3 N–H and O–H groups in total. The van der Waals surface area contributed by atoms with Crippen molar-refractivity contribution in [1.82, 2.24) is 30.7 Å². The normalized spacial score (nSPS) is 18.8. The largest absolute Gasteiger partial charge is 0.379 e. The second-order valence-corrected chi connectivity index (χ2v) is 16.2. The van der Waals surface area contributed by atoms with Crippen LogP contribution in [0.5, 0.6) is 0 Å². The molecule has 1 saturated heterocycles. The number of likely N-dealkylation sites (N-methyl/N-ethyl adjacent to an activating group) is 2. The van der Waals surface area contributed by atoms with Gasteiger partial charge in [-0.1, -0.05) is 71.4 Å². The molecule has 2 aromatic rings. The van der Waals surface area contributed by atoms with E-state index >= 15 is 0 Å². The van der Waals surface area contributed by atoms with Crippen molar-refractivity contribution in [2.45, 2.75) is 122 Å². The first-order valence-electron chi connectivity index (χ1n) is 19.0. The van der Waals surface area contributed by atoms with Gasteiger partial charge in [-0.2, -0.15) is 0 Å². The van der Waals surface area contributed by atoms with E-state index in [1.54, 1.807) is 53.3 Å². The van der Waals surface area contributed by atoms with Crippen LogP contribution < -0.4 is 16.0 Å². The van der Waals surface area contributed by atoms with Crippen LogP contribution in [0.15, 0.2) is 41.9 Å². The highest BCUT2D eigenvalue weighted by Gasteiger charge is 2.43. The van der Waals surface area contributed by atoms with E-state index in [2.05, 4.69) is 27.9 Å². The molecule has 8 unspecified atom stereocenters. The standard InChI is InChI=1S/C40H64N6O6S/c1-12-26(4)34(45(9)38(49)33(25(2)3)44-39(50)40(6,7)41-8)31(51-10)24-32(47)46-21-16-19-30(46)35(52-11)27(5)36(48)43-29(37-42-20-22-53-37)23-28-17-14-13-15-18-28/h13-15,17-18,20,22,25-27,29-31,33-35,41H,12,16,19,21,23-24H2,1-11H3,(H,43,48)(H,44,50). The predicted octanol–water partition coefficient (Wildman–Crippen LogP) is 4.60. The van der Waals surface area contributed by atoms with Gasteiger partial charge in [0, 0.05) is 39.4 Å². The zero-order valence-corrected chi connectivity index (χ0v) is 34.5. The Hall–Kier alpha value is -3.39. The number of thiazole rings is 1. The van der Waals surface area contributed by atoms with E-state index in [-0.39, 0.29) is 54.0 Å². The van der Waals surface area contributed by atoms with E-state index < -0.39 is 35.7 Å². The van der Waals surface area contributed by atoms with Gasteiger partial charge in [-0.15, -0.1) is 11.3 Å². The Bertz CT molecular complexity index is 1460.